The van der Waals surface area contributed by atoms with E-state index in [0.717, 1.165) is 31.0 Å². The van der Waals surface area contributed by atoms with E-state index in [0.29, 0.717) is 11.4 Å². The third kappa shape index (κ3) is 7.88. The number of halogens is 1. The zero-order chi connectivity index (χ0) is 19.0. The van der Waals surface area contributed by atoms with Gasteiger partial charge in [0.2, 0.25) is 0 Å². The molecule has 2 aromatic rings. The van der Waals surface area contributed by atoms with Gasteiger partial charge in [-0.3, -0.25) is 0 Å². The topological polar surface area (TPSA) is 70.6 Å². The Morgan fingerprint density at radius 1 is 1.04 bits per heavy atom. The van der Waals surface area contributed by atoms with Crippen LogP contribution in [-0.4, -0.2) is 33.7 Å². The molecule has 0 spiro atoms. The van der Waals surface area contributed by atoms with Gasteiger partial charge in [-0.25, -0.2) is 13.4 Å². The normalized spacial score (nSPS) is 11.6. The minimum Gasteiger partial charge on any atom is -0.357 e. The Balaban J connectivity index is 0.00000364. The van der Waals surface area contributed by atoms with Crippen LogP contribution in [-0.2, 0) is 22.8 Å². The molecule has 0 aliphatic carbocycles. The monoisotopic (exact) mass is 501 g/mol. The van der Waals surface area contributed by atoms with Gasteiger partial charge >= 0.3 is 0 Å². The molecule has 0 aliphatic rings. The molecule has 0 fully saturated rings. The summed E-state index contributed by atoms with van der Waals surface area (Å²) < 4.78 is 23.0. The van der Waals surface area contributed by atoms with Gasteiger partial charge in [-0.15, -0.1) is 24.0 Å². The van der Waals surface area contributed by atoms with Crippen molar-refractivity contribution in [2.45, 2.75) is 31.7 Å². The highest BCUT2D eigenvalue weighted by molar-refractivity contribution is 14.0. The Morgan fingerprint density at radius 3 is 2.30 bits per heavy atom. The minimum absolute atomic E-state index is 0. The van der Waals surface area contributed by atoms with Gasteiger partial charge in [0.15, 0.2) is 15.8 Å². The van der Waals surface area contributed by atoms with Crippen LogP contribution in [0.1, 0.15) is 23.6 Å². The van der Waals surface area contributed by atoms with Crippen molar-refractivity contribution in [3.05, 3.63) is 65.2 Å². The first-order valence-electron chi connectivity index (χ1n) is 8.76. The molecule has 0 radical (unpaired) electrons. The summed E-state index contributed by atoms with van der Waals surface area (Å²) in [5.74, 6) is 0.781. The van der Waals surface area contributed by atoms with Gasteiger partial charge < -0.3 is 10.6 Å². The Kier molecular flexibility index (Phi) is 9.79. The van der Waals surface area contributed by atoms with Gasteiger partial charge in [0.05, 0.1) is 11.4 Å². The lowest BCUT2D eigenvalue weighted by atomic mass is 10.1. The summed E-state index contributed by atoms with van der Waals surface area (Å²) in [6.07, 6.45) is 2.01. The molecule has 7 heteroatoms. The first-order chi connectivity index (χ1) is 12.4. The summed E-state index contributed by atoms with van der Waals surface area (Å²) in [7, 11) is -3.14. The number of aryl methyl sites for hydroxylation is 1. The van der Waals surface area contributed by atoms with Gasteiger partial charge in [-0.1, -0.05) is 36.4 Å². The summed E-state index contributed by atoms with van der Waals surface area (Å²) in [4.78, 5) is 4.99. The number of nitrogens with zero attached hydrogens (tertiary/aromatic N) is 1. The van der Waals surface area contributed by atoms with E-state index in [4.69, 9.17) is 0 Å². The number of benzene rings is 2. The predicted octanol–water partition coefficient (Wildman–Crippen LogP) is 3.31. The number of hydrogen-bond acceptors (Lipinski definition) is 3. The van der Waals surface area contributed by atoms with Crippen molar-refractivity contribution in [3.8, 4) is 0 Å². The van der Waals surface area contributed by atoms with Gasteiger partial charge in [0, 0.05) is 19.3 Å². The van der Waals surface area contributed by atoms with E-state index in [-0.39, 0.29) is 24.0 Å². The average Bonchev–Trinajstić information content (AvgIpc) is 2.60. The van der Waals surface area contributed by atoms with Crippen molar-refractivity contribution >= 4 is 39.8 Å². The standard InChI is InChI=1S/C20H27N3O2S.HI/c1-4-21-20(23-15-18-8-6-5-7-16(18)2)22-14-13-17-9-11-19(12-10-17)26(3,24)25;/h5-12H,4,13-15H2,1-3H3,(H2,21,22,23);1H. The Morgan fingerprint density at radius 2 is 1.70 bits per heavy atom. The van der Waals surface area contributed by atoms with Crippen LogP contribution in [0.15, 0.2) is 58.4 Å². The highest BCUT2D eigenvalue weighted by Gasteiger charge is 2.06. The van der Waals surface area contributed by atoms with E-state index in [1.165, 1.54) is 17.4 Å². The predicted molar refractivity (Wildman–Crippen MR) is 123 cm³/mol. The average molecular weight is 501 g/mol. The first-order valence-corrected chi connectivity index (χ1v) is 10.6. The molecule has 2 aromatic carbocycles. The molecule has 0 heterocycles. The molecule has 27 heavy (non-hydrogen) atoms. The molecule has 0 bridgehead atoms. The summed E-state index contributed by atoms with van der Waals surface area (Å²) in [6, 6.07) is 15.3. The Hall–Kier alpha value is -1.61. The van der Waals surface area contributed by atoms with Gasteiger partial charge in [-0.05, 0) is 49.1 Å². The maximum absolute atomic E-state index is 11.5. The molecule has 2 rings (SSSR count). The molecular weight excluding hydrogens is 473 g/mol. The van der Waals surface area contributed by atoms with Crippen molar-refractivity contribution in [2.75, 3.05) is 19.3 Å². The second-order valence-corrected chi connectivity index (χ2v) is 8.23. The van der Waals surface area contributed by atoms with Crippen LogP contribution < -0.4 is 10.6 Å². The van der Waals surface area contributed by atoms with E-state index in [2.05, 4.69) is 34.7 Å². The minimum atomic E-state index is -3.14. The summed E-state index contributed by atoms with van der Waals surface area (Å²) in [6.45, 7) is 6.27. The van der Waals surface area contributed by atoms with E-state index < -0.39 is 9.84 Å². The molecule has 0 saturated heterocycles. The van der Waals surface area contributed by atoms with Crippen LogP contribution in [0.4, 0.5) is 0 Å². The molecule has 0 atom stereocenters. The fourth-order valence-corrected chi connectivity index (χ4v) is 3.15. The second-order valence-electron chi connectivity index (χ2n) is 6.21. The zero-order valence-electron chi connectivity index (χ0n) is 16.0. The molecule has 2 N–H and O–H groups in total. The molecule has 5 nitrogen and oxygen atoms in total. The largest absolute Gasteiger partial charge is 0.357 e. The quantitative estimate of drug-likeness (QED) is 0.347. The number of sulfone groups is 1. The molecule has 0 aromatic heterocycles. The Bertz CT molecular complexity index is 850. The van der Waals surface area contributed by atoms with Gasteiger partial charge in [0.25, 0.3) is 0 Å². The maximum atomic E-state index is 11.5. The molecule has 0 unspecified atom stereocenters. The third-order valence-corrected chi connectivity index (χ3v) is 5.20. The van der Waals surface area contributed by atoms with E-state index in [1.807, 2.05) is 31.2 Å². The lowest BCUT2D eigenvalue weighted by Crippen LogP contribution is -2.38. The molecule has 148 valence electrons. The lowest BCUT2D eigenvalue weighted by Gasteiger charge is -2.12. The smallest absolute Gasteiger partial charge is 0.191 e. The number of nitrogens with one attached hydrogen (secondary N) is 2. The molecular formula is C20H28IN3O2S. The van der Waals surface area contributed by atoms with Gasteiger partial charge in [-0.2, -0.15) is 0 Å². The van der Waals surface area contributed by atoms with E-state index >= 15 is 0 Å². The van der Waals surface area contributed by atoms with E-state index in [1.54, 1.807) is 12.1 Å². The van der Waals surface area contributed by atoms with Crippen LogP contribution in [0.2, 0.25) is 0 Å². The number of aliphatic imine (C=N–C) groups is 1. The number of hydrogen-bond donors (Lipinski definition) is 2. The maximum Gasteiger partial charge on any atom is 0.191 e. The van der Waals surface area contributed by atoms with Gasteiger partial charge in [0.1, 0.15) is 0 Å². The third-order valence-electron chi connectivity index (χ3n) is 4.07. The summed E-state index contributed by atoms with van der Waals surface area (Å²) in [5.41, 5.74) is 3.53. The zero-order valence-corrected chi connectivity index (χ0v) is 19.2. The van der Waals surface area contributed by atoms with Crippen LogP contribution in [0.5, 0.6) is 0 Å². The van der Waals surface area contributed by atoms with Crippen LogP contribution >= 0.6 is 24.0 Å². The van der Waals surface area contributed by atoms with Crippen molar-refractivity contribution in [1.82, 2.24) is 10.6 Å². The fourth-order valence-electron chi connectivity index (χ4n) is 2.52. The highest BCUT2D eigenvalue weighted by Crippen LogP contribution is 2.10. The Labute approximate surface area is 179 Å². The van der Waals surface area contributed by atoms with Crippen LogP contribution in [0.25, 0.3) is 0 Å². The molecule has 0 amide bonds. The molecule has 0 saturated carbocycles. The molecule has 0 aliphatic heterocycles. The summed E-state index contributed by atoms with van der Waals surface area (Å²) in [5, 5.41) is 6.57. The van der Waals surface area contributed by atoms with Crippen molar-refractivity contribution in [2.24, 2.45) is 4.99 Å². The van der Waals surface area contributed by atoms with Crippen molar-refractivity contribution < 1.29 is 8.42 Å². The van der Waals surface area contributed by atoms with Crippen LogP contribution in [0.3, 0.4) is 0 Å². The summed E-state index contributed by atoms with van der Waals surface area (Å²) >= 11 is 0. The lowest BCUT2D eigenvalue weighted by molar-refractivity contribution is 0.602. The van der Waals surface area contributed by atoms with Crippen molar-refractivity contribution in [3.63, 3.8) is 0 Å². The van der Waals surface area contributed by atoms with Crippen molar-refractivity contribution in [1.29, 1.82) is 0 Å². The second kappa shape index (κ2) is 11.3. The fraction of sp³-hybridized carbons (Fsp3) is 0.350. The SMILES string of the molecule is CCNC(=NCc1ccccc1C)NCCc1ccc(S(C)(=O)=O)cc1.I. The first kappa shape index (κ1) is 23.4. The number of guanidine groups is 1. The van der Waals surface area contributed by atoms with E-state index in [9.17, 15) is 8.42 Å². The number of rotatable bonds is 7. The highest BCUT2D eigenvalue weighted by atomic mass is 127. The van der Waals surface area contributed by atoms with Crippen LogP contribution in [0, 0.1) is 6.92 Å².